The van der Waals surface area contributed by atoms with E-state index in [1.807, 2.05) is 0 Å². The Hall–Kier alpha value is -1.54. The Bertz CT molecular complexity index is 503. The highest BCUT2D eigenvalue weighted by molar-refractivity contribution is 7.85. The van der Waals surface area contributed by atoms with Crippen LogP contribution in [0.2, 0.25) is 0 Å². The smallest absolute Gasteiger partial charge is 0.344 e. The molecule has 0 aromatic heterocycles. The lowest BCUT2D eigenvalue weighted by molar-refractivity contribution is 0.241. The van der Waals surface area contributed by atoms with Crippen molar-refractivity contribution in [3.8, 4) is 5.75 Å². The maximum absolute atomic E-state index is 12.3. The van der Waals surface area contributed by atoms with Gasteiger partial charge in [-0.1, -0.05) is 0 Å². The minimum Gasteiger partial charge on any atom is -0.428 e. The van der Waals surface area contributed by atoms with Crippen molar-refractivity contribution in [3.05, 3.63) is 36.4 Å². The first kappa shape index (κ1) is 12.5. The van der Waals surface area contributed by atoms with Crippen LogP contribution in [0.3, 0.4) is 0 Å². The van der Waals surface area contributed by atoms with Crippen LogP contribution in [0, 0.1) is 0 Å². The van der Waals surface area contributed by atoms with E-state index >= 15 is 0 Å². The third-order valence-electron chi connectivity index (χ3n) is 1.48. The number of benzene rings is 1. The molecule has 0 bridgehead atoms. The summed E-state index contributed by atoms with van der Waals surface area (Å²) in [5.41, 5.74) is 0. The maximum Gasteiger partial charge on any atom is 0.344 e. The third-order valence-corrected chi connectivity index (χ3v) is 2.35. The van der Waals surface area contributed by atoms with Gasteiger partial charge in [-0.05, 0) is 24.3 Å². The van der Waals surface area contributed by atoms with Gasteiger partial charge in [-0.2, -0.15) is 21.6 Å². The molecule has 0 saturated heterocycles. The Morgan fingerprint density at radius 3 is 2.00 bits per heavy atom. The summed E-state index contributed by atoms with van der Waals surface area (Å²) in [5.74, 6) is -0.322. The van der Waals surface area contributed by atoms with Gasteiger partial charge in [0.05, 0.1) is 4.90 Å². The summed E-state index contributed by atoms with van der Waals surface area (Å²) in [6.45, 7) is 0. The largest absolute Gasteiger partial charge is 0.428 e. The van der Waals surface area contributed by atoms with Crippen molar-refractivity contribution in [2.75, 3.05) is 0 Å². The van der Waals surface area contributed by atoms with Gasteiger partial charge in [0, 0.05) is 0 Å². The topological polar surface area (TPSA) is 63.6 Å². The van der Waals surface area contributed by atoms with E-state index in [2.05, 4.69) is 4.74 Å². The van der Waals surface area contributed by atoms with Gasteiger partial charge in [0.15, 0.2) is 0 Å². The standard InChI is InChI=1S/C8H5F3O4S/c9-7(10)8(11)15-5-1-3-6(4-2-5)16(12,13)14/h1-4H,(H,12,13,14). The monoisotopic (exact) mass is 254 g/mol. The van der Waals surface area contributed by atoms with E-state index in [1.165, 1.54) is 0 Å². The molecule has 0 aliphatic rings. The van der Waals surface area contributed by atoms with Crippen LogP contribution < -0.4 is 4.74 Å². The molecule has 0 atom stereocenters. The van der Waals surface area contributed by atoms with Crippen LogP contribution in [0.15, 0.2) is 41.3 Å². The Kier molecular flexibility index (Phi) is 3.55. The van der Waals surface area contributed by atoms with E-state index < -0.39 is 27.1 Å². The van der Waals surface area contributed by atoms with Crippen molar-refractivity contribution in [1.82, 2.24) is 0 Å². The molecule has 0 heterocycles. The fraction of sp³-hybridized carbons (Fsp3) is 0. The van der Waals surface area contributed by atoms with E-state index in [1.54, 1.807) is 0 Å². The minimum atomic E-state index is -4.37. The molecule has 4 nitrogen and oxygen atoms in total. The molecule has 0 radical (unpaired) electrons. The lowest BCUT2D eigenvalue weighted by atomic mass is 10.3. The minimum absolute atomic E-state index is 0.322. The molecule has 1 N–H and O–H groups in total. The second-order valence-electron chi connectivity index (χ2n) is 2.58. The first-order valence-corrected chi connectivity index (χ1v) is 5.21. The van der Waals surface area contributed by atoms with Gasteiger partial charge < -0.3 is 4.74 Å². The van der Waals surface area contributed by atoms with Crippen molar-refractivity contribution in [2.24, 2.45) is 0 Å². The van der Waals surface area contributed by atoms with E-state index in [-0.39, 0.29) is 5.75 Å². The van der Waals surface area contributed by atoms with Crippen LogP contribution in [0.25, 0.3) is 0 Å². The molecule has 16 heavy (non-hydrogen) atoms. The Morgan fingerprint density at radius 1 is 1.12 bits per heavy atom. The number of halogens is 3. The van der Waals surface area contributed by atoms with Crippen molar-refractivity contribution in [2.45, 2.75) is 4.90 Å². The molecule has 0 amide bonds. The predicted molar refractivity (Wildman–Crippen MR) is 47.2 cm³/mol. The summed E-state index contributed by atoms with van der Waals surface area (Å²) in [6.07, 6.45) is -2.63. The zero-order valence-corrected chi connectivity index (χ0v) is 8.34. The summed E-state index contributed by atoms with van der Waals surface area (Å²) in [5, 5.41) is 0. The highest BCUT2D eigenvalue weighted by Gasteiger charge is 2.11. The molecule has 0 saturated carbocycles. The summed E-state index contributed by atoms with van der Waals surface area (Å²) >= 11 is 0. The van der Waals surface area contributed by atoms with Gasteiger partial charge in [-0.3, -0.25) is 4.55 Å². The predicted octanol–water partition coefficient (Wildman–Crippen LogP) is 2.35. The molecule has 0 unspecified atom stereocenters. The summed E-state index contributed by atoms with van der Waals surface area (Å²) in [4.78, 5) is -0.454. The van der Waals surface area contributed by atoms with E-state index in [4.69, 9.17) is 4.55 Å². The highest BCUT2D eigenvalue weighted by atomic mass is 32.2. The number of rotatable bonds is 3. The van der Waals surface area contributed by atoms with Gasteiger partial charge >= 0.3 is 12.1 Å². The van der Waals surface area contributed by atoms with Crippen LogP contribution in [0.1, 0.15) is 0 Å². The molecule has 8 heteroatoms. The second-order valence-corrected chi connectivity index (χ2v) is 4.00. The second kappa shape index (κ2) is 4.54. The average molecular weight is 254 g/mol. The van der Waals surface area contributed by atoms with Crippen LogP contribution >= 0.6 is 0 Å². The van der Waals surface area contributed by atoms with Crippen LogP contribution in [-0.4, -0.2) is 13.0 Å². The Balaban J connectivity index is 2.93. The fourth-order valence-corrected chi connectivity index (χ4v) is 1.30. The summed E-state index contributed by atoms with van der Waals surface area (Å²) in [7, 11) is -4.37. The lowest BCUT2D eigenvalue weighted by Crippen LogP contribution is -1.98. The highest BCUT2D eigenvalue weighted by Crippen LogP contribution is 2.20. The van der Waals surface area contributed by atoms with Gasteiger partial charge in [0.2, 0.25) is 0 Å². The molecule has 0 aliphatic heterocycles. The first-order chi connectivity index (χ1) is 7.30. The zero-order chi connectivity index (χ0) is 12.3. The van der Waals surface area contributed by atoms with E-state index in [9.17, 15) is 21.6 Å². The summed E-state index contributed by atoms with van der Waals surface area (Å²) in [6, 6.07) is 1.54. The lowest BCUT2D eigenvalue weighted by Gasteiger charge is -2.02. The number of hydrogen-bond acceptors (Lipinski definition) is 3. The van der Waals surface area contributed by atoms with Crippen molar-refractivity contribution in [3.63, 3.8) is 0 Å². The first-order valence-electron chi connectivity index (χ1n) is 3.77. The normalized spacial score (nSPS) is 11.0. The van der Waals surface area contributed by atoms with Gasteiger partial charge in [0.25, 0.3) is 10.1 Å². The van der Waals surface area contributed by atoms with Crippen LogP contribution in [-0.2, 0) is 10.1 Å². The quantitative estimate of drug-likeness (QED) is 0.664. The molecule has 1 rings (SSSR count). The fourth-order valence-electron chi connectivity index (χ4n) is 0.822. The molecular formula is C8H5F3O4S. The molecule has 0 aliphatic carbocycles. The Labute approximate surface area is 88.7 Å². The van der Waals surface area contributed by atoms with Crippen molar-refractivity contribution in [1.29, 1.82) is 0 Å². The van der Waals surface area contributed by atoms with Crippen LogP contribution in [0.4, 0.5) is 13.2 Å². The molecule has 1 aromatic rings. The molecule has 1 aromatic carbocycles. The molecule has 88 valence electrons. The van der Waals surface area contributed by atoms with E-state index in [0.29, 0.717) is 0 Å². The summed E-state index contributed by atoms with van der Waals surface area (Å²) < 4.78 is 69.3. The van der Waals surface area contributed by atoms with Gasteiger partial charge in [-0.25, -0.2) is 0 Å². The molecule has 0 spiro atoms. The maximum atomic E-state index is 12.3. The zero-order valence-electron chi connectivity index (χ0n) is 7.52. The van der Waals surface area contributed by atoms with Crippen LogP contribution in [0.5, 0.6) is 5.75 Å². The Morgan fingerprint density at radius 2 is 1.62 bits per heavy atom. The molecule has 0 fully saturated rings. The van der Waals surface area contributed by atoms with Gasteiger partial charge in [0.1, 0.15) is 5.75 Å². The average Bonchev–Trinajstić information content (AvgIpc) is 2.17. The third kappa shape index (κ3) is 3.24. The number of ether oxygens (including phenoxy) is 1. The molecular weight excluding hydrogens is 249 g/mol. The van der Waals surface area contributed by atoms with Crippen molar-refractivity contribution >= 4 is 10.1 Å². The number of hydrogen-bond donors (Lipinski definition) is 1. The van der Waals surface area contributed by atoms with Crippen molar-refractivity contribution < 1.29 is 30.9 Å². The SMILES string of the molecule is O=S(=O)(O)c1ccc(OC(F)=C(F)F)cc1. The van der Waals surface area contributed by atoms with E-state index in [0.717, 1.165) is 24.3 Å². The van der Waals surface area contributed by atoms with Gasteiger partial charge in [-0.15, -0.1) is 0 Å².